The molecule has 1 saturated heterocycles. The highest BCUT2D eigenvalue weighted by molar-refractivity contribution is 5.86. The minimum atomic E-state index is -0.280. The molecule has 1 aliphatic heterocycles. The van der Waals surface area contributed by atoms with E-state index in [9.17, 15) is 4.79 Å². The lowest BCUT2D eigenvalue weighted by Crippen LogP contribution is -2.47. The molecule has 0 saturated carbocycles. The maximum absolute atomic E-state index is 12.0. The predicted molar refractivity (Wildman–Crippen MR) is 73.4 cm³/mol. The number of benzene rings is 1. The Balaban J connectivity index is 2.04. The third-order valence-electron chi connectivity index (χ3n) is 3.30. The quantitative estimate of drug-likeness (QED) is 0.853. The molecule has 1 amide bonds. The van der Waals surface area contributed by atoms with Gasteiger partial charge in [-0.3, -0.25) is 9.78 Å². The van der Waals surface area contributed by atoms with Crippen LogP contribution in [-0.2, 0) is 4.79 Å². The second-order valence-electron chi connectivity index (χ2n) is 4.50. The van der Waals surface area contributed by atoms with E-state index < -0.39 is 0 Å². The summed E-state index contributed by atoms with van der Waals surface area (Å²) in [6.07, 6.45) is 3.53. The lowest BCUT2D eigenvalue weighted by Gasteiger charge is -2.25. The first-order chi connectivity index (χ1) is 9.36. The maximum Gasteiger partial charge on any atom is 0.241 e. The van der Waals surface area contributed by atoms with Crippen LogP contribution in [0.5, 0.6) is 0 Å². The average molecular weight is 253 g/mol. The van der Waals surface area contributed by atoms with Crippen LogP contribution in [0.1, 0.15) is 11.6 Å². The molecular weight excluding hydrogens is 238 g/mol. The minimum absolute atomic E-state index is 0.0350. The molecule has 1 aliphatic rings. The number of rotatable bonds is 2. The minimum Gasteiger partial charge on any atom is -0.353 e. The summed E-state index contributed by atoms with van der Waals surface area (Å²) < 4.78 is 0. The highest BCUT2D eigenvalue weighted by Gasteiger charge is 2.25. The zero-order valence-corrected chi connectivity index (χ0v) is 10.5. The first-order valence-corrected chi connectivity index (χ1v) is 6.37. The molecule has 1 fully saturated rings. The number of hydrogen-bond acceptors (Lipinski definition) is 3. The number of carbonyl (C=O) groups is 1. The van der Waals surface area contributed by atoms with Crippen molar-refractivity contribution in [1.82, 2.24) is 15.6 Å². The van der Waals surface area contributed by atoms with Crippen molar-refractivity contribution in [3.63, 3.8) is 0 Å². The smallest absolute Gasteiger partial charge is 0.241 e. The van der Waals surface area contributed by atoms with Crippen LogP contribution in [-0.4, -0.2) is 24.0 Å². The van der Waals surface area contributed by atoms with Crippen molar-refractivity contribution in [2.24, 2.45) is 0 Å². The molecule has 1 unspecified atom stereocenters. The molecule has 2 heterocycles. The lowest BCUT2D eigenvalue weighted by atomic mass is 9.94. The molecular formula is C15H15N3O. The molecule has 3 rings (SSSR count). The topological polar surface area (TPSA) is 54.0 Å². The highest BCUT2D eigenvalue weighted by Crippen LogP contribution is 2.28. The SMILES string of the molecule is O=C1NCCNC1c1ccccc1-c1ccncc1. The number of carbonyl (C=O) groups excluding carboxylic acids is 1. The van der Waals surface area contributed by atoms with Crippen molar-refractivity contribution in [1.29, 1.82) is 0 Å². The molecule has 4 heteroatoms. The van der Waals surface area contributed by atoms with Crippen molar-refractivity contribution in [2.75, 3.05) is 13.1 Å². The van der Waals surface area contributed by atoms with Crippen molar-refractivity contribution in [3.05, 3.63) is 54.4 Å². The fourth-order valence-electron chi connectivity index (χ4n) is 2.39. The largest absolute Gasteiger partial charge is 0.353 e. The van der Waals surface area contributed by atoms with Crippen LogP contribution in [0.15, 0.2) is 48.8 Å². The Morgan fingerprint density at radius 2 is 1.84 bits per heavy atom. The third-order valence-corrected chi connectivity index (χ3v) is 3.30. The molecule has 96 valence electrons. The Morgan fingerprint density at radius 1 is 1.05 bits per heavy atom. The van der Waals surface area contributed by atoms with E-state index in [1.807, 2.05) is 36.4 Å². The summed E-state index contributed by atoms with van der Waals surface area (Å²) >= 11 is 0. The number of piperazine rings is 1. The Morgan fingerprint density at radius 3 is 2.63 bits per heavy atom. The maximum atomic E-state index is 12.0. The van der Waals surface area contributed by atoms with Gasteiger partial charge >= 0.3 is 0 Å². The second kappa shape index (κ2) is 5.20. The zero-order chi connectivity index (χ0) is 13.1. The van der Waals surface area contributed by atoms with Crippen LogP contribution in [0.3, 0.4) is 0 Å². The zero-order valence-electron chi connectivity index (χ0n) is 10.5. The Kier molecular flexibility index (Phi) is 3.25. The van der Waals surface area contributed by atoms with Gasteiger partial charge in [0.2, 0.25) is 5.91 Å². The summed E-state index contributed by atoms with van der Waals surface area (Å²) in [5, 5.41) is 6.16. The number of pyridine rings is 1. The summed E-state index contributed by atoms with van der Waals surface area (Å²) in [4.78, 5) is 16.0. The van der Waals surface area contributed by atoms with E-state index in [0.29, 0.717) is 6.54 Å². The number of amides is 1. The van der Waals surface area contributed by atoms with Gasteiger partial charge in [-0.25, -0.2) is 0 Å². The average Bonchev–Trinajstić information content (AvgIpc) is 2.49. The van der Waals surface area contributed by atoms with Gasteiger partial charge in [0, 0.05) is 25.5 Å². The molecule has 0 radical (unpaired) electrons. The Hall–Kier alpha value is -2.20. The number of hydrogen-bond donors (Lipinski definition) is 2. The highest BCUT2D eigenvalue weighted by atomic mass is 16.2. The van der Waals surface area contributed by atoms with Gasteiger partial charge in [-0.1, -0.05) is 24.3 Å². The third kappa shape index (κ3) is 2.35. The van der Waals surface area contributed by atoms with E-state index in [1.165, 1.54) is 0 Å². The number of nitrogens with one attached hydrogen (secondary N) is 2. The Bertz CT molecular complexity index is 583. The van der Waals surface area contributed by atoms with Gasteiger partial charge in [0.05, 0.1) is 0 Å². The Labute approximate surface area is 111 Å². The lowest BCUT2D eigenvalue weighted by molar-refractivity contribution is -0.124. The molecule has 2 aromatic rings. The van der Waals surface area contributed by atoms with E-state index >= 15 is 0 Å². The van der Waals surface area contributed by atoms with E-state index in [4.69, 9.17) is 0 Å². The van der Waals surface area contributed by atoms with Gasteiger partial charge in [0.1, 0.15) is 6.04 Å². The van der Waals surface area contributed by atoms with Crippen LogP contribution in [0.2, 0.25) is 0 Å². The van der Waals surface area contributed by atoms with Crippen molar-refractivity contribution < 1.29 is 4.79 Å². The van der Waals surface area contributed by atoms with Gasteiger partial charge in [-0.2, -0.15) is 0 Å². The van der Waals surface area contributed by atoms with Gasteiger partial charge in [-0.15, -0.1) is 0 Å². The summed E-state index contributed by atoms with van der Waals surface area (Å²) in [6, 6.07) is 11.6. The first-order valence-electron chi connectivity index (χ1n) is 6.37. The normalized spacial score (nSPS) is 18.9. The van der Waals surface area contributed by atoms with Crippen LogP contribution in [0.25, 0.3) is 11.1 Å². The molecule has 19 heavy (non-hydrogen) atoms. The predicted octanol–water partition coefficient (Wildman–Crippen LogP) is 1.51. The monoisotopic (exact) mass is 253 g/mol. The van der Waals surface area contributed by atoms with Crippen molar-refractivity contribution in [2.45, 2.75) is 6.04 Å². The van der Waals surface area contributed by atoms with Crippen molar-refractivity contribution >= 4 is 5.91 Å². The van der Waals surface area contributed by atoms with Crippen LogP contribution < -0.4 is 10.6 Å². The first kappa shape index (κ1) is 11.9. The van der Waals surface area contributed by atoms with Gasteiger partial charge in [0.25, 0.3) is 0 Å². The van der Waals surface area contributed by atoms with E-state index in [2.05, 4.69) is 15.6 Å². The van der Waals surface area contributed by atoms with Gasteiger partial charge < -0.3 is 10.6 Å². The summed E-state index contributed by atoms with van der Waals surface area (Å²) in [6.45, 7) is 1.48. The van der Waals surface area contributed by atoms with Crippen LogP contribution >= 0.6 is 0 Å². The second-order valence-corrected chi connectivity index (χ2v) is 4.50. The molecule has 1 atom stereocenters. The number of nitrogens with zero attached hydrogens (tertiary/aromatic N) is 1. The molecule has 4 nitrogen and oxygen atoms in total. The summed E-state index contributed by atoms with van der Waals surface area (Å²) in [5.41, 5.74) is 3.15. The molecule has 1 aromatic heterocycles. The summed E-state index contributed by atoms with van der Waals surface area (Å²) in [7, 11) is 0. The molecule has 0 spiro atoms. The van der Waals surface area contributed by atoms with Gasteiger partial charge in [-0.05, 0) is 28.8 Å². The molecule has 2 N–H and O–H groups in total. The molecule has 0 bridgehead atoms. The number of aromatic nitrogens is 1. The fraction of sp³-hybridized carbons (Fsp3) is 0.200. The summed E-state index contributed by atoms with van der Waals surface area (Å²) in [5.74, 6) is 0.0350. The van der Waals surface area contributed by atoms with Crippen LogP contribution in [0.4, 0.5) is 0 Å². The molecule has 1 aromatic carbocycles. The van der Waals surface area contributed by atoms with Crippen LogP contribution in [0, 0.1) is 0 Å². The van der Waals surface area contributed by atoms with E-state index in [1.54, 1.807) is 12.4 Å². The fourth-order valence-corrected chi connectivity index (χ4v) is 2.39. The van der Waals surface area contributed by atoms with E-state index in [-0.39, 0.29) is 11.9 Å². The van der Waals surface area contributed by atoms with Gasteiger partial charge in [0.15, 0.2) is 0 Å². The molecule has 0 aliphatic carbocycles. The van der Waals surface area contributed by atoms with E-state index in [0.717, 1.165) is 23.2 Å². The standard InChI is InChI=1S/C15H15N3O/c19-15-14(17-9-10-18-15)13-4-2-1-3-12(13)11-5-7-16-8-6-11/h1-8,14,17H,9-10H2,(H,18,19). The van der Waals surface area contributed by atoms with Crippen molar-refractivity contribution in [3.8, 4) is 11.1 Å².